The number of nitrogens with one attached hydrogen (secondary N) is 4. The van der Waals surface area contributed by atoms with E-state index < -0.39 is 146 Å². The second-order valence-electron chi connectivity index (χ2n) is 13.6. The topological polar surface area (TPSA) is 388 Å². The highest BCUT2D eigenvalue weighted by atomic mass is 16.7. The first-order valence-electron chi connectivity index (χ1n) is 18.6. The molecule has 2 aliphatic rings. The molecule has 0 aromatic rings. The summed E-state index contributed by atoms with van der Waals surface area (Å²) in [6.07, 6.45) is -20.9. The van der Waals surface area contributed by atoms with E-state index in [-0.39, 0.29) is 12.6 Å². The maximum atomic E-state index is 12.6. The number of hydrazone groups is 2. The van der Waals surface area contributed by atoms with Gasteiger partial charge in [-0.05, 0) is 13.8 Å². The molecule has 27 heteroatoms. The molecule has 0 radical (unpaired) electrons. The van der Waals surface area contributed by atoms with Gasteiger partial charge in [0.1, 0.15) is 61.0 Å². The van der Waals surface area contributed by atoms with Crippen LogP contribution in [0.2, 0.25) is 0 Å². The van der Waals surface area contributed by atoms with Gasteiger partial charge in [-0.1, -0.05) is 6.58 Å². The van der Waals surface area contributed by atoms with Crippen molar-refractivity contribution in [1.82, 2.24) is 21.5 Å². The van der Waals surface area contributed by atoms with Gasteiger partial charge in [-0.3, -0.25) is 24.0 Å². The van der Waals surface area contributed by atoms with E-state index in [2.05, 4.69) is 27.4 Å². The molecule has 350 valence electrons. The molecule has 27 nitrogen and oxygen atoms in total. The Bertz CT molecular complexity index is 1600. The smallest absolute Gasteiger partial charge is 0.336 e. The molecule has 10 N–H and O–H groups in total. The van der Waals surface area contributed by atoms with Crippen molar-refractivity contribution in [3.63, 3.8) is 0 Å². The van der Waals surface area contributed by atoms with E-state index in [0.717, 1.165) is 27.4 Å². The van der Waals surface area contributed by atoms with Crippen molar-refractivity contribution in [2.24, 2.45) is 10.2 Å². The highest BCUT2D eigenvalue weighted by Crippen LogP contribution is 2.26. The molecule has 2 fully saturated rings. The Balaban J connectivity index is 2.17. The minimum absolute atomic E-state index is 0.115. The second kappa shape index (κ2) is 25.9. The number of hydrogen-bond acceptors (Lipinski definition) is 22. The van der Waals surface area contributed by atoms with Crippen molar-refractivity contribution in [3.05, 3.63) is 12.3 Å². The SMILES string of the molecule is C=C(O)C(OC(C=O)OC1C(O)C(CO)O[C@H](C)C1NC(C)=O)C(/C=N\NC(=O)CC(=O)N/N=C\C(OC(C(=O)O)C(C=O)OC)OC1C(O)C(O)O[C@H](C)C1NC(C)=O)OC. The average molecular weight is 895 g/mol. The third kappa shape index (κ3) is 15.8. The lowest BCUT2D eigenvalue weighted by Crippen LogP contribution is -2.64. The van der Waals surface area contributed by atoms with Crippen molar-refractivity contribution in [3.8, 4) is 0 Å². The molecule has 2 saturated heterocycles. The standard InChI is InChI=1S/C35H54N6O21/c1-14(45)30(61-25(13-44)62-32-26(38-17(4)46)15(2)57-20(11-42)28(32)50)19(55-6)9-36-40-22(48)8-23(49)41-37-10-24(59-31(34(52)53)21(12-43)56-7)60-33-27(39-18(5)47)16(3)58-35(54)29(33)51/h9-10,12-13,15-16,19-21,24-33,35,42,45,50-51,54H,1,8,11H2,2-7H3,(H,38,46)(H,39,47)(H,40,48)(H,41,49)(H,52,53)/b36-9-,37-10-/t15-,16-,19?,20?,21?,24?,25?,26?,27?,28?,29?,30?,31?,32?,33?,35?/m1/s1. The van der Waals surface area contributed by atoms with E-state index in [1.807, 2.05) is 10.9 Å². The normalized spacial score (nSPS) is 29.3. The quantitative estimate of drug-likeness (QED) is 0.0102. The fourth-order valence-corrected chi connectivity index (χ4v) is 6.02. The van der Waals surface area contributed by atoms with Crippen LogP contribution in [0.25, 0.3) is 0 Å². The molecule has 2 aliphatic heterocycles. The molecule has 14 unspecified atom stereocenters. The number of aldehydes is 2. The average Bonchev–Trinajstić information content (AvgIpc) is 3.20. The summed E-state index contributed by atoms with van der Waals surface area (Å²) in [7, 11) is 2.14. The van der Waals surface area contributed by atoms with Gasteiger partial charge >= 0.3 is 5.97 Å². The third-order valence-corrected chi connectivity index (χ3v) is 8.95. The fraction of sp³-hybridized carbons (Fsp3) is 0.686. The largest absolute Gasteiger partial charge is 0.510 e. The van der Waals surface area contributed by atoms with Gasteiger partial charge in [-0.2, -0.15) is 10.2 Å². The molecule has 0 spiro atoms. The van der Waals surface area contributed by atoms with E-state index in [9.17, 15) is 64.2 Å². The zero-order valence-corrected chi connectivity index (χ0v) is 34.4. The van der Waals surface area contributed by atoms with Gasteiger partial charge in [0.15, 0.2) is 31.3 Å². The zero-order valence-electron chi connectivity index (χ0n) is 34.4. The number of carbonyl (C=O) groups excluding carboxylic acids is 6. The summed E-state index contributed by atoms with van der Waals surface area (Å²) in [4.78, 5) is 84.4. The van der Waals surface area contributed by atoms with E-state index in [1.165, 1.54) is 20.8 Å². The summed E-state index contributed by atoms with van der Waals surface area (Å²) < 4.78 is 43.1. The van der Waals surface area contributed by atoms with E-state index in [1.54, 1.807) is 0 Å². The van der Waals surface area contributed by atoms with Crippen molar-refractivity contribution in [2.45, 2.75) is 132 Å². The molecule has 16 atom stereocenters. The summed E-state index contributed by atoms with van der Waals surface area (Å²) in [5, 5.41) is 73.5. The van der Waals surface area contributed by atoms with Gasteiger partial charge in [0.2, 0.25) is 29.9 Å². The van der Waals surface area contributed by atoms with Gasteiger partial charge in [0, 0.05) is 28.1 Å². The molecule has 2 rings (SSSR count). The predicted octanol–water partition coefficient (Wildman–Crippen LogP) is -5.39. The third-order valence-electron chi connectivity index (χ3n) is 8.95. The van der Waals surface area contributed by atoms with Crippen LogP contribution in [0, 0.1) is 0 Å². The number of ether oxygens (including phenoxy) is 8. The maximum absolute atomic E-state index is 12.6. The molecule has 0 aromatic heterocycles. The Hall–Kier alpha value is -4.91. The van der Waals surface area contributed by atoms with Gasteiger partial charge in [-0.15, -0.1) is 0 Å². The fourth-order valence-electron chi connectivity index (χ4n) is 6.02. The first-order chi connectivity index (χ1) is 29.2. The summed E-state index contributed by atoms with van der Waals surface area (Å²) in [6.45, 7) is 8.02. The van der Waals surface area contributed by atoms with Gasteiger partial charge < -0.3 is 84.0 Å². The number of aliphatic carboxylic acids is 1. The molecule has 2 heterocycles. The number of aliphatic hydroxyl groups is 5. The number of carbonyl (C=O) groups is 7. The predicted molar refractivity (Wildman–Crippen MR) is 203 cm³/mol. The van der Waals surface area contributed by atoms with Crippen LogP contribution >= 0.6 is 0 Å². The Morgan fingerprint density at radius 2 is 1.24 bits per heavy atom. The first-order valence-corrected chi connectivity index (χ1v) is 18.6. The van der Waals surface area contributed by atoms with Crippen molar-refractivity contribution >= 4 is 54.6 Å². The lowest BCUT2D eigenvalue weighted by Gasteiger charge is -2.44. The summed E-state index contributed by atoms with van der Waals surface area (Å²) >= 11 is 0. The minimum Gasteiger partial charge on any atom is -0.510 e. The maximum Gasteiger partial charge on any atom is 0.336 e. The van der Waals surface area contributed by atoms with Crippen LogP contribution < -0.4 is 21.5 Å². The van der Waals surface area contributed by atoms with Crippen LogP contribution in [-0.2, 0) is 71.5 Å². The van der Waals surface area contributed by atoms with E-state index >= 15 is 0 Å². The number of nitrogens with zero attached hydrogens (tertiary/aromatic N) is 2. The van der Waals surface area contributed by atoms with Crippen LogP contribution in [0.5, 0.6) is 0 Å². The van der Waals surface area contributed by atoms with Crippen LogP contribution in [0.4, 0.5) is 0 Å². The number of carboxylic acids is 1. The minimum atomic E-state index is -2.06. The number of rotatable bonds is 25. The zero-order chi connectivity index (χ0) is 46.8. The molecule has 0 aliphatic carbocycles. The summed E-state index contributed by atoms with van der Waals surface area (Å²) in [5.74, 6) is -5.72. The molecular weight excluding hydrogens is 840 g/mol. The van der Waals surface area contributed by atoms with Crippen molar-refractivity contribution < 1.29 is 102 Å². The van der Waals surface area contributed by atoms with Crippen molar-refractivity contribution in [2.75, 3.05) is 20.8 Å². The lowest BCUT2D eigenvalue weighted by molar-refractivity contribution is -0.284. The Kier molecular flexibility index (Phi) is 22.2. The van der Waals surface area contributed by atoms with Gasteiger partial charge in [-0.25, -0.2) is 15.6 Å². The highest BCUT2D eigenvalue weighted by Gasteiger charge is 2.47. The molecule has 0 bridgehead atoms. The summed E-state index contributed by atoms with van der Waals surface area (Å²) in [6, 6.07) is -2.19. The molecule has 62 heavy (non-hydrogen) atoms. The first kappa shape index (κ1) is 53.2. The molecular formula is C35H54N6O21. The highest BCUT2D eigenvalue weighted by molar-refractivity contribution is 5.97. The Morgan fingerprint density at radius 1 is 0.742 bits per heavy atom. The van der Waals surface area contributed by atoms with Gasteiger partial charge in [0.05, 0.1) is 43.3 Å². The number of aliphatic hydroxyl groups excluding tert-OH is 5. The lowest BCUT2D eigenvalue weighted by atomic mass is 9.93. The number of amides is 4. The van der Waals surface area contributed by atoms with E-state index in [4.69, 9.17) is 37.9 Å². The number of hydrogen-bond donors (Lipinski definition) is 10. The molecule has 0 aromatic carbocycles. The van der Waals surface area contributed by atoms with Crippen LogP contribution in [0.3, 0.4) is 0 Å². The van der Waals surface area contributed by atoms with Gasteiger partial charge in [0.25, 0.3) is 0 Å². The van der Waals surface area contributed by atoms with Crippen LogP contribution in [-0.4, -0.2) is 204 Å². The Labute approximate surface area is 353 Å². The monoisotopic (exact) mass is 894 g/mol. The molecule has 4 amide bonds. The van der Waals surface area contributed by atoms with Crippen molar-refractivity contribution in [1.29, 1.82) is 0 Å². The Morgan fingerprint density at radius 3 is 1.71 bits per heavy atom. The second-order valence-corrected chi connectivity index (χ2v) is 13.6. The molecule has 0 saturated carbocycles. The summed E-state index contributed by atoms with van der Waals surface area (Å²) in [5.41, 5.74) is 3.95. The van der Waals surface area contributed by atoms with Crippen LogP contribution in [0.15, 0.2) is 22.5 Å². The number of methoxy groups -OCH3 is 2. The number of carboxylic acid groups (broad SMARTS) is 1. The van der Waals surface area contributed by atoms with Crippen LogP contribution in [0.1, 0.15) is 34.1 Å². The van der Waals surface area contributed by atoms with E-state index in [0.29, 0.717) is 6.21 Å².